The topological polar surface area (TPSA) is 106 Å². The minimum atomic E-state index is -4.64. The number of aromatic nitrogens is 3. The highest BCUT2D eigenvalue weighted by Crippen LogP contribution is 2.36. The first-order valence-corrected chi connectivity index (χ1v) is 10.7. The Kier molecular flexibility index (Phi) is 5.11. The molecule has 1 fully saturated rings. The fourth-order valence-corrected chi connectivity index (χ4v) is 4.50. The number of imidazole rings is 1. The molecule has 0 bridgehead atoms. The van der Waals surface area contributed by atoms with E-state index in [1.54, 1.807) is 0 Å². The zero-order valence-electron chi connectivity index (χ0n) is 15.6. The van der Waals surface area contributed by atoms with Crippen LogP contribution in [-0.4, -0.2) is 46.7 Å². The molecule has 0 saturated carbocycles. The van der Waals surface area contributed by atoms with Gasteiger partial charge in [-0.15, -0.1) is 0 Å². The normalized spacial score (nSPS) is 17.0. The van der Waals surface area contributed by atoms with Crippen LogP contribution in [-0.2, 0) is 21.8 Å². The lowest BCUT2D eigenvalue weighted by Crippen LogP contribution is -2.65. The number of anilines is 1. The van der Waals surface area contributed by atoms with E-state index in [0.29, 0.717) is 5.69 Å². The fourth-order valence-electron chi connectivity index (χ4n) is 3.45. The standard InChI is InChI=1S/C17H15ClF4N6O2S/c18-10-3-14(28-6-13(17(20,21)22)26-15(28)4-10)25-7-16(8-27(9-16)31(23,29)30)12-2-1-11(19)5-24-12/h1-6,25H,7-9H2,(H2,23,29,30). The van der Waals surface area contributed by atoms with Crippen molar-refractivity contribution in [2.75, 3.05) is 25.0 Å². The Hall–Kier alpha value is -2.48. The van der Waals surface area contributed by atoms with Crippen molar-refractivity contribution in [2.45, 2.75) is 11.6 Å². The van der Waals surface area contributed by atoms with Crippen molar-refractivity contribution in [3.05, 3.63) is 58.9 Å². The number of nitrogens with zero attached hydrogens (tertiary/aromatic N) is 4. The summed E-state index contributed by atoms with van der Waals surface area (Å²) in [5, 5.41) is 8.32. The van der Waals surface area contributed by atoms with Gasteiger partial charge < -0.3 is 5.32 Å². The number of nitrogens with one attached hydrogen (secondary N) is 1. The molecule has 0 spiro atoms. The predicted octanol–water partition coefficient (Wildman–Crippen LogP) is 2.41. The summed E-state index contributed by atoms with van der Waals surface area (Å²) in [7, 11) is -3.95. The van der Waals surface area contributed by atoms with Gasteiger partial charge in [-0.2, -0.15) is 25.9 Å². The van der Waals surface area contributed by atoms with Gasteiger partial charge >= 0.3 is 6.18 Å². The van der Waals surface area contributed by atoms with Gasteiger partial charge in [0, 0.05) is 36.9 Å². The maximum Gasteiger partial charge on any atom is 0.434 e. The summed E-state index contributed by atoms with van der Waals surface area (Å²) in [6.07, 6.45) is -2.81. The van der Waals surface area contributed by atoms with Gasteiger partial charge in [0.2, 0.25) is 0 Å². The molecule has 0 amide bonds. The average Bonchev–Trinajstić information content (AvgIpc) is 3.05. The van der Waals surface area contributed by atoms with Gasteiger partial charge in [-0.25, -0.2) is 14.5 Å². The second kappa shape index (κ2) is 7.29. The largest absolute Gasteiger partial charge is 0.434 e. The minimum Gasteiger partial charge on any atom is -0.370 e. The summed E-state index contributed by atoms with van der Waals surface area (Å²) in [5.74, 6) is -0.356. The van der Waals surface area contributed by atoms with Crippen LogP contribution in [0.2, 0.25) is 5.02 Å². The number of fused-ring (bicyclic) bond motifs is 1. The van der Waals surface area contributed by atoms with Crippen LogP contribution in [0.25, 0.3) is 5.65 Å². The van der Waals surface area contributed by atoms with E-state index in [0.717, 1.165) is 16.7 Å². The van der Waals surface area contributed by atoms with E-state index >= 15 is 0 Å². The Bertz CT molecular complexity index is 1240. The molecule has 0 aromatic carbocycles. The highest BCUT2D eigenvalue weighted by atomic mass is 35.5. The zero-order valence-corrected chi connectivity index (χ0v) is 17.1. The van der Waals surface area contributed by atoms with Gasteiger partial charge in [0.1, 0.15) is 17.3 Å². The summed E-state index contributed by atoms with van der Waals surface area (Å²) >= 11 is 6.03. The molecule has 4 rings (SSSR count). The second-order valence-corrected chi connectivity index (χ2v) is 9.20. The SMILES string of the molecule is NS(=O)(=O)N1CC(CNc2cc(Cl)cc3nc(C(F)(F)F)cn23)(c2ccc(F)cn2)C1. The lowest BCUT2D eigenvalue weighted by molar-refractivity contribution is -0.140. The van der Waals surface area contributed by atoms with Crippen LogP contribution in [0.15, 0.2) is 36.7 Å². The molecule has 3 aromatic heterocycles. The van der Waals surface area contributed by atoms with Crippen molar-refractivity contribution in [3.8, 4) is 0 Å². The van der Waals surface area contributed by atoms with Gasteiger partial charge in [-0.05, 0) is 18.2 Å². The highest BCUT2D eigenvalue weighted by molar-refractivity contribution is 7.86. The average molecular weight is 479 g/mol. The monoisotopic (exact) mass is 478 g/mol. The Morgan fingerprint density at radius 2 is 1.97 bits per heavy atom. The summed E-state index contributed by atoms with van der Waals surface area (Å²) in [5.41, 5.74) is -1.59. The molecule has 166 valence electrons. The fraction of sp³-hybridized carbons (Fsp3) is 0.294. The number of alkyl halides is 3. The van der Waals surface area contributed by atoms with Crippen LogP contribution in [0.3, 0.4) is 0 Å². The van der Waals surface area contributed by atoms with E-state index in [1.807, 2.05) is 0 Å². The highest BCUT2D eigenvalue weighted by Gasteiger charge is 2.49. The Balaban J connectivity index is 1.67. The third-order valence-corrected chi connectivity index (χ3v) is 6.22. The molecule has 0 unspecified atom stereocenters. The zero-order chi connectivity index (χ0) is 22.6. The Morgan fingerprint density at radius 3 is 2.55 bits per heavy atom. The predicted molar refractivity (Wildman–Crippen MR) is 104 cm³/mol. The van der Waals surface area contributed by atoms with Gasteiger partial charge in [-0.1, -0.05) is 11.6 Å². The van der Waals surface area contributed by atoms with Crippen LogP contribution >= 0.6 is 11.6 Å². The molecule has 14 heteroatoms. The lowest BCUT2D eigenvalue weighted by Gasteiger charge is -2.48. The molecule has 0 radical (unpaired) electrons. The molecule has 8 nitrogen and oxygen atoms in total. The van der Waals surface area contributed by atoms with Gasteiger partial charge in [0.05, 0.1) is 17.3 Å². The van der Waals surface area contributed by atoms with E-state index in [2.05, 4.69) is 15.3 Å². The molecule has 1 saturated heterocycles. The summed E-state index contributed by atoms with van der Waals surface area (Å²) in [6.45, 7) is -0.0234. The van der Waals surface area contributed by atoms with E-state index in [4.69, 9.17) is 16.7 Å². The summed E-state index contributed by atoms with van der Waals surface area (Å²) in [6, 6.07) is 5.31. The second-order valence-electron chi connectivity index (χ2n) is 7.22. The number of halogens is 5. The first kappa shape index (κ1) is 21.7. The van der Waals surface area contributed by atoms with Crippen LogP contribution in [0, 0.1) is 5.82 Å². The van der Waals surface area contributed by atoms with Gasteiger partial charge in [0.25, 0.3) is 10.2 Å². The smallest absolute Gasteiger partial charge is 0.370 e. The van der Waals surface area contributed by atoms with Crippen LogP contribution in [0.5, 0.6) is 0 Å². The van der Waals surface area contributed by atoms with Crippen molar-refractivity contribution in [1.29, 1.82) is 0 Å². The molecular formula is C17H15ClF4N6O2S. The van der Waals surface area contributed by atoms with E-state index < -0.39 is 33.3 Å². The van der Waals surface area contributed by atoms with Gasteiger partial charge in [0.15, 0.2) is 5.69 Å². The quantitative estimate of drug-likeness (QED) is 0.548. The van der Waals surface area contributed by atoms with Crippen LogP contribution < -0.4 is 10.5 Å². The van der Waals surface area contributed by atoms with Crippen LogP contribution in [0.4, 0.5) is 23.4 Å². The molecule has 0 atom stereocenters. The number of pyridine rings is 2. The lowest BCUT2D eigenvalue weighted by atomic mass is 9.78. The number of rotatable bonds is 5. The van der Waals surface area contributed by atoms with Crippen LogP contribution in [0.1, 0.15) is 11.4 Å². The summed E-state index contributed by atoms with van der Waals surface area (Å²) in [4.78, 5) is 7.60. The van der Waals surface area contributed by atoms with E-state index in [1.165, 1.54) is 28.7 Å². The molecule has 0 aliphatic carbocycles. The molecule has 4 heterocycles. The van der Waals surface area contributed by atoms with Crippen molar-refractivity contribution in [1.82, 2.24) is 18.7 Å². The number of nitrogens with two attached hydrogens (primary N) is 1. The molecule has 3 N–H and O–H groups in total. The van der Waals surface area contributed by atoms with Crippen molar-refractivity contribution in [3.63, 3.8) is 0 Å². The van der Waals surface area contributed by atoms with E-state index in [-0.39, 0.29) is 36.1 Å². The minimum absolute atomic E-state index is 0.0175. The van der Waals surface area contributed by atoms with Crippen molar-refractivity contribution in [2.24, 2.45) is 5.14 Å². The maximum atomic E-state index is 13.3. The molecular weight excluding hydrogens is 464 g/mol. The third kappa shape index (κ3) is 4.18. The van der Waals surface area contributed by atoms with Gasteiger partial charge in [-0.3, -0.25) is 9.38 Å². The van der Waals surface area contributed by atoms with Crippen molar-refractivity contribution < 1.29 is 26.0 Å². The molecule has 31 heavy (non-hydrogen) atoms. The number of hydrogen-bond acceptors (Lipinski definition) is 5. The maximum absolute atomic E-state index is 13.3. The first-order chi connectivity index (χ1) is 14.4. The Morgan fingerprint density at radius 1 is 1.26 bits per heavy atom. The number of hydrogen-bond donors (Lipinski definition) is 2. The molecule has 1 aliphatic heterocycles. The van der Waals surface area contributed by atoms with Crippen molar-refractivity contribution >= 4 is 33.3 Å². The summed E-state index contributed by atoms with van der Waals surface area (Å²) < 4.78 is 78.0. The first-order valence-electron chi connectivity index (χ1n) is 8.77. The van der Waals surface area contributed by atoms with E-state index in [9.17, 15) is 26.0 Å². The molecule has 3 aromatic rings. The third-order valence-electron chi connectivity index (χ3n) is 5.02. The molecule has 1 aliphatic rings. The Labute approximate surface area is 178 Å².